The maximum atomic E-state index is 13.5. The van der Waals surface area contributed by atoms with E-state index in [4.69, 9.17) is 9.47 Å². The second-order valence-electron chi connectivity index (χ2n) is 12.2. The van der Waals surface area contributed by atoms with E-state index in [1.807, 2.05) is 0 Å². The van der Waals surface area contributed by atoms with Crippen molar-refractivity contribution in [2.45, 2.75) is 31.9 Å². The summed E-state index contributed by atoms with van der Waals surface area (Å²) in [5.41, 5.74) is -1.15. The Morgan fingerprint density at radius 2 is 1.33 bits per heavy atom. The molecule has 0 saturated heterocycles. The van der Waals surface area contributed by atoms with Crippen LogP contribution in [-0.4, -0.2) is 74.9 Å². The summed E-state index contributed by atoms with van der Waals surface area (Å²) in [7, 11) is 3.00. The summed E-state index contributed by atoms with van der Waals surface area (Å²) < 4.78 is 50.7. The number of rotatable bonds is 15. The minimum Gasteiger partial charge on any atom is -0.426 e. The molecule has 4 aromatic carbocycles. The van der Waals surface area contributed by atoms with Crippen LogP contribution in [0.15, 0.2) is 97.1 Å². The third-order valence-electron chi connectivity index (χ3n) is 8.29. The van der Waals surface area contributed by atoms with Crippen LogP contribution in [-0.2, 0) is 30.7 Å². The van der Waals surface area contributed by atoms with E-state index in [0.717, 1.165) is 12.1 Å². The van der Waals surface area contributed by atoms with Gasteiger partial charge in [-0.1, -0.05) is 60.7 Å². The predicted molar refractivity (Wildman–Crippen MR) is 196 cm³/mol. The molecule has 0 heterocycles. The van der Waals surface area contributed by atoms with E-state index in [2.05, 4.69) is 16.0 Å². The van der Waals surface area contributed by atoms with Gasteiger partial charge in [-0.3, -0.25) is 24.0 Å². The lowest BCUT2D eigenvalue weighted by molar-refractivity contribution is -0.141. The first kappa shape index (κ1) is 40.7. The van der Waals surface area contributed by atoms with Crippen molar-refractivity contribution < 1.29 is 46.6 Å². The molecule has 11 nitrogen and oxygen atoms in total. The molecule has 0 aromatic heterocycles. The number of nitrogens with zero attached hydrogens (tertiary/aromatic N) is 1. The van der Waals surface area contributed by atoms with Gasteiger partial charge in [0.2, 0.25) is 11.8 Å². The van der Waals surface area contributed by atoms with Gasteiger partial charge in [0.25, 0.3) is 11.8 Å². The van der Waals surface area contributed by atoms with Gasteiger partial charge in [0.15, 0.2) is 5.41 Å². The van der Waals surface area contributed by atoms with Crippen molar-refractivity contribution in [2.24, 2.45) is 0 Å². The normalized spacial score (nSPS) is 11.3. The van der Waals surface area contributed by atoms with Crippen molar-refractivity contribution >= 4 is 35.3 Å². The molecule has 0 bridgehead atoms. The number of halogens is 3. The standard InChI is InChI=1S/C40H41F3N4O7/c1-5-44-37(51)39(38(52)45-6-2,27-12-8-7-9-13-27)25-53-23-22-34(48)54-29-20-21-33(32(24-29)36(50)47(3)4)46-35(49)31-15-11-10-14-30(31)26-16-18-28(19-17-26)40(41,42)43/h7-21,24H,5-6,22-23,25H2,1-4H3,(H,44,51)(H,45,52)(H,46,49). The highest BCUT2D eigenvalue weighted by Crippen LogP contribution is 2.33. The smallest absolute Gasteiger partial charge is 0.416 e. The van der Waals surface area contributed by atoms with Crippen molar-refractivity contribution in [3.05, 3.63) is 119 Å². The van der Waals surface area contributed by atoms with Gasteiger partial charge in [-0.15, -0.1) is 0 Å². The predicted octanol–water partition coefficient (Wildman–Crippen LogP) is 5.85. The number of ether oxygens (including phenoxy) is 2. The molecule has 3 N–H and O–H groups in total. The molecule has 284 valence electrons. The molecule has 4 rings (SSSR count). The summed E-state index contributed by atoms with van der Waals surface area (Å²) >= 11 is 0. The number of carbonyl (C=O) groups is 5. The van der Waals surface area contributed by atoms with Crippen LogP contribution in [0, 0.1) is 0 Å². The topological polar surface area (TPSA) is 143 Å². The Labute approximate surface area is 310 Å². The fraction of sp³-hybridized carbons (Fsp3) is 0.275. The van der Waals surface area contributed by atoms with Crippen LogP contribution >= 0.6 is 0 Å². The van der Waals surface area contributed by atoms with Crippen molar-refractivity contribution in [2.75, 3.05) is 45.7 Å². The zero-order chi connectivity index (χ0) is 39.5. The molecule has 0 aliphatic heterocycles. The molecule has 0 aliphatic rings. The van der Waals surface area contributed by atoms with E-state index in [0.29, 0.717) is 16.7 Å². The number of amides is 4. The van der Waals surface area contributed by atoms with Crippen LogP contribution in [0.3, 0.4) is 0 Å². The van der Waals surface area contributed by atoms with Crippen molar-refractivity contribution in [1.82, 2.24) is 15.5 Å². The maximum absolute atomic E-state index is 13.5. The SMILES string of the molecule is CCNC(=O)C(COCCC(=O)Oc1ccc(NC(=O)c2ccccc2-c2ccc(C(F)(F)F)cc2)c(C(=O)N(C)C)c1)(C(=O)NCC)c1ccccc1. The fourth-order valence-electron chi connectivity index (χ4n) is 5.56. The first-order valence-electron chi connectivity index (χ1n) is 17.1. The van der Waals surface area contributed by atoms with Gasteiger partial charge < -0.3 is 30.3 Å². The fourth-order valence-corrected chi connectivity index (χ4v) is 5.56. The third kappa shape index (κ3) is 9.69. The quantitative estimate of drug-likeness (QED) is 0.0600. The Morgan fingerprint density at radius 3 is 1.93 bits per heavy atom. The molecule has 0 spiro atoms. The Balaban J connectivity index is 1.49. The molecule has 0 unspecified atom stereocenters. The van der Waals surface area contributed by atoms with E-state index in [9.17, 15) is 37.1 Å². The molecular weight excluding hydrogens is 705 g/mol. The van der Waals surface area contributed by atoms with E-state index < -0.39 is 46.8 Å². The first-order chi connectivity index (χ1) is 25.7. The van der Waals surface area contributed by atoms with Crippen LogP contribution in [0.1, 0.15) is 52.1 Å². The molecule has 4 aromatic rings. The van der Waals surface area contributed by atoms with E-state index >= 15 is 0 Å². The van der Waals surface area contributed by atoms with Gasteiger partial charge in [0.05, 0.1) is 36.4 Å². The Kier molecular flexibility index (Phi) is 13.7. The maximum Gasteiger partial charge on any atom is 0.416 e. The van der Waals surface area contributed by atoms with Crippen LogP contribution in [0.4, 0.5) is 18.9 Å². The number of carbonyl (C=O) groups excluding carboxylic acids is 5. The van der Waals surface area contributed by atoms with Crippen molar-refractivity contribution in [3.8, 4) is 16.9 Å². The lowest BCUT2D eigenvalue weighted by Gasteiger charge is -2.31. The summed E-state index contributed by atoms with van der Waals surface area (Å²) in [4.78, 5) is 67.6. The minimum atomic E-state index is -4.52. The Hall–Kier alpha value is -6.02. The van der Waals surface area contributed by atoms with E-state index in [1.165, 1.54) is 55.4 Å². The Bertz CT molecular complexity index is 1950. The summed E-state index contributed by atoms with van der Waals surface area (Å²) in [6.45, 7) is 3.44. The first-order valence-corrected chi connectivity index (χ1v) is 17.1. The average Bonchev–Trinajstić information content (AvgIpc) is 3.15. The highest BCUT2D eigenvalue weighted by molar-refractivity contribution is 6.12. The molecule has 0 saturated carbocycles. The van der Waals surface area contributed by atoms with Gasteiger partial charge in [-0.2, -0.15) is 13.2 Å². The number of hydrogen-bond donors (Lipinski definition) is 3. The summed E-state index contributed by atoms with van der Waals surface area (Å²) in [5.74, 6) is -3.00. The molecule has 0 fully saturated rings. The second-order valence-corrected chi connectivity index (χ2v) is 12.2. The lowest BCUT2D eigenvalue weighted by Crippen LogP contribution is -2.57. The number of hydrogen-bond acceptors (Lipinski definition) is 7. The van der Waals surface area contributed by atoms with Crippen molar-refractivity contribution in [1.29, 1.82) is 0 Å². The molecular formula is C40H41F3N4O7. The van der Waals surface area contributed by atoms with Gasteiger partial charge in [0.1, 0.15) is 5.75 Å². The largest absolute Gasteiger partial charge is 0.426 e. The van der Waals surface area contributed by atoms with E-state index in [-0.39, 0.29) is 55.3 Å². The minimum absolute atomic E-state index is 0.00145. The number of likely N-dealkylation sites (N-methyl/N-ethyl adjacent to an activating group) is 2. The summed E-state index contributed by atoms with van der Waals surface area (Å²) in [5, 5.41) is 8.12. The zero-order valence-electron chi connectivity index (χ0n) is 30.2. The molecule has 54 heavy (non-hydrogen) atoms. The van der Waals surface area contributed by atoms with Gasteiger partial charge in [0, 0.05) is 32.7 Å². The lowest BCUT2D eigenvalue weighted by atomic mass is 9.79. The number of alkyl halides is 3. The number of anilines is 1. The number of benzene rings is 4. The third-order valence-corrected chi connectivity index (χ3v) is 8.29. The molecule has 0 radical (unpaired) electrons. The van der Waals surface area contributed by atoms with Gasteiger partial charge in [-0.05, 0) is 66.9 Å². The van der Waals surface area contributed by atoms with Crippen LogP contribution < -0.4 is 20.7 Å². The summed E-state index contributed by atoms with van der Waals surface area (Å²) in [6.07, 6.45) is -4.79. The Morgan fingerprint density at radius 1 is 0.722 bits per heavy atom. The highest BCUT2D eigenvalue weighted by Gasteiger charge is 2.47. The molecule has 0 atom stereocenters. The molecule has 14 heteroatoms. The van der Waals surface area contributed by atoms with Gasteiger partial charge >= 0.3 is 12.1 Å². The number of esters is 1. The zero-order valence-corrected chi connectivity index (χ0v) is 30.2. The summed E-state index contributed by atoms with van der Waals surface area (Å²) in [6, 6.07) is 23.3. The number of nitrogens with one attached hydrogen (secondary N) is 3. The van der Waals surface area contributed by atoms with Gasteiger partial charge in [-0.25, -0.2) is 0 Å². The second kappa shape index (κ2) is 18.1. The molecule has 0 aliphatic carbocycles. The van der Waals surface area contributed by atoms with Crippen molar-refractivity contribution in [3.63, 3.8) is 0 Å². The van der Waals surface area contributed by atoms with Crippen LogP contribution in [0.5, 0.6) is 5.75 Å². The average molecular weight is 747 g/mol. The van der Waals surface area contributed by atoms with Crippen LogP contribution in [0.25, 0.3) is 11.1 Å². The van der Waals surface area contributed by atoms with E-state index in [1.54, 1.807) is 62.4 Å². The molecule has 4 amide bonds. The highest BCUT2D eigenvalue weighted by atomic mass is 19.4. The monoisotopic (exact) mass is 746 g/mol. The van der Waals surface area contributed by atoms with Crippen LogP contribution in [0.2, 0.25) is 0 Å².